The van der Waals surface area contributed by atoms with E-state index in [1.807, 2.05) is 48.5 Å². The smallest absolute Gasteiger partial charge is 0.307 e. The van der Waals surface area contributed by atoms with Crippen LogP contribution in [0.5, 0.6) is 5.75 Å². The van der Waals surface area contributed by atoms with Gasteiger partial charge in [-0.15, -0.1) is 11.8 Å². The largest absolute Gasteiger partial charge is 0.497 e. The van der Waals surface area contributed by atoms with Crippen LogP contribution in [0.25, 0.3) is 11.4 Å². The lowest BCUT2D eigenvalue weighted by atomic mass is 10.2. The number of thioether (sulfide) groups is 1. The van der Waals surface area contributed by atoms with Crippen LogP contribution in [0.4, 0.5) is 0 Å². The van der Waals surface area contributed by atoms with E-state index in [4.69, 9.17) is 14.4 Å². The third kappa shape index (κ3) is 4.60. The molecule has 0 spiro atoms. The number of aliphatic carboxylic acids is 1. The second-order valence-corrected chi connectivity index (χ2v) is 6.30. The van der Waals surface area contributed by atoms with Crippen LogP contribution in [-0.2, 0) is 17.0 Å². The first kappa shape index (κ1) is 17.0. The number of ether oxygens (including phenoxy) is 1. The van der Waals surface area contributed by atoms with Gasteiger partial charge in [0.1, 0.15) is 5.75 Å². The van der Waals surface area contributed by atoms with E-state index in [1.54, 1.807) is 18.9 Å². The van der Waals surface area contributed by atoms with Crippen molar-refractivity contribution in [2.45, 2.75) is 17.1 Å². The highest BCUT2D eigenvalue weighted by Gasteiger charge is 2.10. The Labute approximate surface area is 148 Å². The van der Waals surface area contributed by atoms with Gasteiger partial charge in [-0.3, -0.25) is 4.79 Å². The first-order valence-electron chi connectivity index (χ1n) is 7.54. The molecule has 0 bridgehead atoms. The number of rotatable bonds is 7. The summed E-state index contributed by atoms with van der Waals surface area (Å²) >= 11 is 1.55. The molecule has 3 rings (SSSR count). The molecule has 0 aliphatic carbocycles. The van der Waals surface area contributed by atoms with Crippen molar-refractivity contribution in [2.24, 2.45) is 0 Å². The Hall–Kier alpha value is -2.80. The highest BCUT2D eigenvalue weighted by molar-refractivity contribution is 7.98. The number of carboxylic acid groups (broad SMARTS) is 1. The van der Waals surface area contributed by atoms with Gasteiger partial charge in [0.05, 0.1) is 19.3 Å². The number of nitrogens with zero attached hydrogens (tertiary/aromatic N) is 2. The number of carboxylic acids is 1. The Morgan fingerprint density at radius 1 is 1.24 bits per heavy atom. The van der Waals surface area contributed by atoms with Gasteiger partial charge in [-0.2, -0.15) is 4.98 Å². The number of hydrogen-bond donors (Lipinski definition) is 1. The number of hydrogen-bond acceptors (Lipinski definition) is 6. The van der Waals surface area contributed by atoms with E-state index in [1.165, 1.54) is 0 Å². The van der Waals surface area contributed by atoms with E-state index >= 15 is 0 Å². The molecule has 0 radical (unpaired) electrons. The van der Waals surface area contributed by atoms with Gasteiger partial charge >= 0.3 is 5.97 Å². The van der Waals surface area contributed by atoms with Crippen LogP contribution >= 0.6 is 11.8 Å². The molecule has 6 nitrogen and oxygen atoms in total. The molecule has 2 aromatic carbocycles. The maximum Gasteiger partial charge on any atom is 0.307 e. The molecule has 25 heavy (non-hydrogen) atoms. The molecule has 0 amide bonds. The summed E-state index contributed by atoms with van der Waals surface area (Å²) in [4.78, 5) is 16.1. The van der Waals surface area contributed by atoms with Crippen molar-refractivity contribution in [3.05, 3.63) is 60.0 Å². The lowest BCUT2D eigenvalue weighted by Crippen LogP contribution is -1.99. The standard InChI is InChI=1S/C18H16N2O4S/c1-23-14-4-2-3-13(10-14)18-19-16(24-20-18)11-25-15-7-5-12(6-8-15)9-17(21)22/h2-8,10H,9,11H2,1H3,(H,21,22). The molecule has 128 valence electrons. The van der Waals surface area contributed by atoms with Crippen molar-refractivity contribution in [1.29, 1.82) is 0 Å². The van der Waals surface area contributed by atoms with E-state index in [0.717, 1.165) is 21.8 Å². The summed E-state index contributed by atoms with van der Waals surface area (Å²) in [6.45, 7) is 0. The van der Waals surface area contributed by atoms with E-state index in [0.29, 0.717) is 17.5 Å². The molecule has 0 fully saturated rings. The topological polar surface area (TPSA) is 85.5 Å². The second-order valence-electron chi connectivity index (χ2n) is 5.25. The Balaban J connectivity index is 1.62. The fourth-order valence-corrected chi connectivity index (χ4v) is 2.95. The normalized spacial score (nSPS) is 10.6. The zero-order valence-electron chi connectivity index (χ0n) is 13.5. The van der Waals surface area contributed by atoms with Gasteiger partial charge in [-0.05, 0) is 29.8 Å². The first-order chi connectivity index (χ1) is 12.1. The first-order valence-corrected chi connectivity index (χ1v) is 8.53. The van der Waals surface area contributed by atoms with Crippen LogP contribution in [0.2, 0.25) is 0 Å². The van der Waals surface area contributed by atoms with Crippen molar-refractivity contribution < 1.29 is 19.2 Å². The van der Waals surface area contributed by atoms with E-state index in [-0.39, 0.29) is 6.42 Å². The van der Waals surface area contributed by atoms with Gasteiger partial charge in [-0.25, -0.2) is 0 Å². The molecule has 3 aromatic rings. The van der Waals surface area contributed by atoms with Gasteiger partial charge in [-0.1, -0.05) is 29.4 Å². The summed E-state index contributed by atoms with van der Waals surface area (Å²) in [7, 11) is 1.61. The molecule has 7 heteroatoms. The number of aromatic nitrogens is 2. The molecular formula is C18H16N2O4S. The maximum absolute atomic E-state index is 10.7. The quantitative estimate of drug-likeness (QED) is 0.647. The monoisotopic (exact) mass is 356 g/mol. The molecule has 0 saturated carbocycles. The summed E-state index contributed by atoms with van der Waals surface area (Å²) in [5.74, 6) is 1.48. The van der Waals surface area contributed by atoms with Crippen molar-refractivity contribution in [1.82, 2.24) is 10.1 Å². The predicted molar refractivity (Wildman–Crippen MR) is 93.6 cm³/mol. The average molecular weight is 356 g/mol. The molecule has 0 unspecified atom stereocenters. The van der Waals surface area contributed by atoms with Crippen LogP contribution < -0.4 is 4.74 Å². The molecule has 0 aliphatic heterocycles. The number of benzene rings is 2. The van der Waals surface area contributed by atoms with Crippen molar-refractivity contribution in [2.75, 3.05) is 7.11 Å². The summed E-state index contributed by atoms with van der Waals surface area (Å²) < 4.78 is 10.5. The van der Waals surface area contributed by atoms with E-state index in [2.05, 4.69) is 10.1 Å². The molecule has 0 atom stereocenters. The van der Waals surface area contributed by atoms with Crippen LogP contribution in [0.3, 0.4) is 0 Å². The fraction of sp³-hybridized carbons (Fsp3) is 0.167. The lowest BCUT2D eigenvalue weighted by Gasteiger charge is -2.01. The number of methoxy groups -OCH3 is 1. The van der Waals surface area contributed by atoms with Gasteiger partial charge < -0.3 is 14.4 Å². The molecule has 1 N–H and O–H groups in total. The highest BCUT2D eigenvalue weighted by Crippen LogP contribution is 2.25. The third-order valence-electron chi connectivity index (χ3n) is 3.44. The van der Waals surface area contributed by atoms with Gasteiger partial charge in [0.15, 0.2) is 0 Å². The van der Waals surface area contributed by atoms with Gasteiger partial charge in [0.25, 0.3) is 0 Å². The summed E-state index contributed by atoms with van der Waals surface area (Å²) in [6, 6.07) is 14.9. The lowest BCUT2D eigenvalue weighted by molar-refractivity contribution is -0.136. The molecule has 0 aliphatic rings. The van der Waals surface area contributed by atoms with Crippen LogP contribution in [0, 0.1) is 0 Å². The Bertz CT molecular complexity index is 862. The van der Waals surface area contributed by atoms with Crippen LogP contribution in [-0.4, -0.2) is 28.3 Å². The molecular weight excluding hydrogens is 340 g/mol. The second kappa shape index (κ2) is 7.85. The minimum Gasteiger partial charge on any atom is -0.497 e. The Morgan fingerprint density at radius 3 is 2.76 bits per heavy atom. The van der Waals surface area contributed by atoms with Crippen molar-refractivity contribution in [3.63, 3.8) is 0 Å². The van der Waals surface area contributed by atoms with Crippen molar-refractivity contribution >= 4 is 17.7 Å². The third-order valence-corrected chi connectivity index (χ3v) is 4.43. The van der Waals surface area contributed by atoms with Crippen LogP contribution in [0.1, 0.15) is 11.5 Å². The molecule has 1 heterocycles. The summed E-state index contributed by atoms with van der Waals surface area (Å²) in [5, 5.41) is 12.8. The zero-order chi connectivity index (χ0) is 17.6. The highest BCUT2D eigenvalue weighted by atomic mass is 32.2. The Morgan fingerprint density at radius 2 is 2.04 bits per heavy atom. The zero-order valence-corrected chi connectivity index (χ0v) is 14.3. The minimum absolute atomic E-state index is 0.0263. The number of carbonyl (C=O) groups is 1. The predicted octanol–water partition coefficient (Wildman–Crippen LogP) is 3.66. The summed E-state index contributed by atoms with van der Waals surface area (Å²) in [5.41, 5.74) is 1.60. The fourth-order valence-electron chi connectivity index (χ4n) is 2.22. The van der Waals surface area contributed by atoms with Gasteiger partial charge in [0.2, 0.25) is 11.7 Å². The summed E-state index contributed by atoms with van der Waals surface area (Å²) in [6.07, 6.45) is 0.0263. The Kier molecular flexibility index (Phi) is 5.35. The van der Waals surface area contributed by atoms with Crippen LogP contribution in [0.15, 0.2) is 57.9 Å². The SMILES string of the molecule is COc1cccc(-c2noc(CSc3ccc(CC(=O)O)cc3)n2)c1. The molecule has 0 saturated heterocycles. The maximum atomic E-state index is 10.7. The van der Waals surface area contributed by atoms with Crippen molar-refractivity contribution in [3.8, 4) is 17.1 Å². The average Bonchev–Trinajstić information content (AvgIpc) is 3.10. The molecule has 1 aromatic heterocycles. The minimum atomic E-state index is -0.837. The van der Waals surface area contributed by atoms with E-state index in [9.17, 15) is 4.79 Å². The van der Waals surface area contributed by atoms with E-state index < -0.39 is 5.97 Å². The van der Waals surface area contributed by atoms with Gasteiger partial charge in [0, 0.05) is 10.5 Å².